The first kappa shape index (κ1) is 15.1. The fourth-order valence-corrected chi connectivity index (χ4v) is 1.81. The van der Waals surface area contributed by atoms with Gasteiger partial charge in [-0.15, -0.1) is 0 Å². The zero-order valence-corrected chi connectivity index (χ0v) is 11.8. The van der Waals surface area contributed by atoms with E-state index in [9.17, 15) is 4.79 Å². The predicted octanol–water partition coefficient (Wildman–Crippen LogP) is 1.45. The molecule has 6 nitrogen and oxygen atoms in total. The van der Waals surface area contributed by atoms with Crippen molar-refractivity contribution in [2.75, 3.05) is 19.0 Å². The minimum atomic E-state index is -0.283. The molecular weight excluding hydrogens is 268 g/mol. The van der Waals surface area contributed by atoms with E-state index in [0.29, 0.717) is 18.1 Å². The maximum absolute atomic E-state index is 11.8. The maximum atomic E-state index is 11.8. The van der Waals surface area contributed by atoms with Crippen LogP contribution in [0.5, 0.6) is 0 Å². The Labute approximate surface area is 123 Å². The summed E-state index contributed by atoms with van der Waals surface area (Å²) in [5.74, 6) is 0.439. The molecule has 21 heavy (non-hydrogen) atoms. The number of anilines is 1. The Morgan fingerprint density at radius 2 is 1.95 bits per heavy atom. The van der Waals surface area contributed by atoms with E-state index in [-0.39, 0.29) is 18.4 Å². The summed E-state index contributed by atoms with van der Waals surface area (Å²) in [7, 11) is 1.53. The monoisotopic (exact) mass is 286 g/mol. The lowest BCUT2D eigenvalue weighted by atomic mass is 10.2. The molecule has 1 heterocycles. The molecule has 0 bridgehead atoms. The van der Waals surface area contributed by atoms with Gasteiger partial charge in [0.15, 0.2) is 5.82 Å². The van der Waals surface area contributed by atoms with Gasteiger partial charge >= 0.3 is 0 Å². The van der Waals surface area contributed by atoms with Crippen molar-refractivity contribution in [1.29, 1.82) is 0 Å². The van der Waals surface area contributed by atoms with Gasteiger partial charge in [-0.05, 0) is 0 Å². The third-order valence-corrected chi connectivity index (χ3v) is 2.98. The fraction of sp³-hybridized carbons (Fsp3) is 0.267. The maximum Gasteiger partial charge on any atom is 0.227 e. The first-order valence-electron chi connectivity index (χ1n) is 6.63. The third kappa shape index (κ3) is 4.34. The SMILES string of the molecule is COC(CN)CC(=O)Nc1cnc(-c2ccccc2)nc1. The van der Waals surface area contributed by atoms with Gasteiger partial charge in [-0.25, -0.2) is 9.97 Å². The molecule has 0 aliphatic rings. The highest BCUT2D eigenvalue weighted by Gasteiger charge is 2.12. The number of nitrogens with zero attached hydrogens (tertiary/aromatic N) is 2. The number of hydrogen-bond acceptors (Lipinski definition) is 5. The minimum Gasteiger partial charge on any atom is -0.380 e. The van der Waals surface area contributed by atoms with E-state index in [4.69, 9.17) is 10.5 Å². The summed E-state index contributed by atoms with van der Waals surface area (Å²) in [5.41, 5.74) is 6.96. The van der Waals surface area contributed by atoms with E-state index in [0.717, 1.165) is 5.56 Å². The quantitative estimate of drug-likeness (QED) is 0.838. The predicted molar refractivity (Wildman–Crippen MR) is 80.6 cm³/mol. The normalized spacial score (nSPS) is 11.9. The van der Waals surface area contributed by atoms with Crippen LogP contribution in [-0.4, -0.2) is 35.6 Å². The second kappa shape index (κ2) is 7.47. The Morgan fingerprint density at radius 3 is 2.52 bits per heavy atom. The molecule has 1 unspecified atom stereocenters. The Hall–Kier alpha value is -2.31. The average Bonchev–Trinajstić information content (AvgIpc) is 2.54. The molecule has 1 atom stereocenters. The highest BCUT2D eigenvalue weighted by molar-refractivity contribution is 5.90. The van der Waals surface area contributed by atoms with E-state index >= 15 is 0 Å². The largest absolute Gasteiger partial charge is 0.380 e. The van der Waals surface area contributed by atoms with Crippen LogP contribution in [0.25, 0.3) is 11.4 Å². The van der Waals surface area contributed by atoms with Crippen LogP contribution in [0, 0.1) is 0 Å². The molecule has 0 spiro atoms. The van der Waals surface area contributed by atoms with E-state index in [1.807, 2.05) is 30.3 Å². The van der Waals surface area contributed by atoms with Gasteiger partial charge in [0.2, 0.25) is 5.91 Å². The molecule has 0 saturated carbocycles. The van der Waals surface area contributed by atoms with Crippen LogP contribution >= 0.6 is 0 Å². The van der Waals surface area contributed by atoms with Crippen LogP contribution in [0.1, 0.15) is 6.42 Å². The first-order valence-corrected chi connectivity index (χ1v) is 6.63. The number of nitrogens with one attached hydrogen (secondary N) is 1. The van der Waals surface area contributed by atoms with Gasteiger partial charge in [0.25, 0.3) is 0 Å². The molecule has 0 radical (unpaired) electrons. The lowest BCUT2D eigenvalue weighted by Crippen LogP contribution is -2.28. The standard InChI is InChI=1S/C15H18N4O2/c1-21-13(8-16)7-14(20)19-12-9-17-15(18-10-12)11-5-3-2-4-6-11/h2-6,9-10,13H,7-8,16H2,1H3,(H,19,20). The number of carbonyl (C=O) groups excluding carboxylic acids is 1. The number of rotatable bonds is 6. The van der Waals surface area contributed by atoms with Crippen LogP contribution in [0.2, 0.25) is 0 Å². The Kier molecular flexibility index (Phi) is 5.36. The number of aromatic nitrogens is 2. The Bertz CT molecular complexity index is 568. The number of hydrogen-bond donors (Lipinski definition) is 2. The molecule has 110 valence electrons. The van der Waals surface area contributed by atoms with E-state index < -0.39 is 0 Å². The summed E-state index contributed by atoms with van der Waals surface area (Å²) >= 11 is 0. The van der Waals surface area contributed by atoms with Crippen molar-refractivity contribution < 1.29 is 9.53 Å². The van der Waals surface area contributed by atoms with Crippen LogP contribution in [-0.2, 0) is 9.53 Å². The smallest absolute Gasteiger partial charge is 0.227 e. The fourth-order valence-electron chi connectivity index (χ4n) is 1.81. The van der Waals surface area contributed by atoms with E-state index in [1.54, 1.807) is 12.4 Å². The zero-order chi connectivity index (χ0) is 15.1. The van der Waals surface area contributed by atoms with Gasteiger partial charge in [-0.2, -0.15) is 0 Å². The van der Waals surface area contributed by atoms with Crippen molar-refractivity contribution in [3.05, 3.63) is 42.7 Å². The highest BCUT2D eigenvalue weighted by Crippen LogP contribution is 2.14. The molecule has 2 rings (SSSR count). The van der Waals surface area contributed by atoms with Crippen molar-refractivity contribution in [3.63, 3.8) is 0 Å². The average molecular weight is 286 g/mol. The van der Waals surface area contributed by atoms with Gasteiger partial charge in [0.05, 0.1) is 30.6 Å². The van der Waals surface area contributed by atoms with Gasteiger partial charge in [0.1, 0.15) is 0 Å². The van der Waals surface area contributed by atoms with Crippen molar-refractivity contribution in [2.24, 2.45) is 5.73 Å². The second-order valence-electron chi connectivity index (χ2n) is 4.51. The van der Waals surface area contributed by atoms with Crippen LogP contribution < -0.4 is 11.1 Å². The molecule has 0 fully saturated rings. The summed E-state index contributed by atoms with van der Waals surface area (Å²) in [6, 6.07) is 9.63. The number of carbonyl (C=O) groups is 1. The number of methoxy groups -OCH3 is 1. The molecular formula is C15H18N4O2. The van der Waals surface area contributed by atoms with Crippen molar-refractivity contribution >= 4 is 11.6 Å². The first-order chi connectivity index (χ1) is 10.2. The lowest BCUT2D eigenvalue weighted by molar-refractivity contribution is -0.118. The van der Waals surface area contributed by atoms with Crippen LogP contribution in [0.4, 0.5) is 5.69 Å². The molecule has 1 amide bonds. The van der Waals surface area contributed by atoms with E-state index in [1.165, 1.54) is 7.11 Å². The Balaban J connectivity index is 1.98. The van der Waals surface area contributed by atoms with Crippen molar-refractivity contribution in [2.45, 2.75) is 12.5 Å². The third-order valence-electron chi connectivity index (χ3n) is 2.98. The number of benzene rings is 1. The highest BCUT2D eigenvalue weighted by atomic mass is 16.5. The molecule has 0 aliphatic carbocycles. The van der Waals surface area contributed by atoms with Crippen LogP contribution in [0.3, 0.4) is 0 Å². The molecule has 0 aliphatic heterocycles. The summed E-state index contributed by atoms with van der Waals surface area (Å²) in [4.78, 5) is 20.3. The molecule has 3 N–H and O–H groups in total. The summed E-state index contributed by atoms with van der Waals surface area (Å²) in [5, 5.41) is 2.72. The minimum absolute atomic E-state index is 0.177. The van der Waals surface area contributed by atoms with E-state index in [2.05, 4.69) is 15.3 Å². The van der Waals surface area contributed by atoms with Crippen LogP contribution in [0.15, 0.2) is 42.7 Å². The van der Waals surface area contributed by atoms with Gasteiger partial charge in [0, 0.05) is 19.2 Å². The molecule has 1 aromatic carbocycles. The summed E-state index contributed by atoms with van der Waals surface area (Å²) < 4.78 is 5.07. The summed E-state index contributed by atoms with van der Waals surface area (Å²) in [6.07, 6.45) is 3.08. The lowest BCUT2D eigenvalue weighted by Gasteiger charge is -2.12. The molecule has 0 saturated heterocycles. The van der Waals surface area contributed by atoms with Gasteiger partial charge in [-0.1, -0.05) is 30.3 Å². The topological polar surface area (TPSA) is 90.1 Å². The molecule has 2 aromatic rings. The van der Waals surface area contributed by atoms with Gasteiger partial charge in [-0.3, -0.25) is 4.79 Å². The zero-order valence-electron chi connectivity index (χ0n) is 11.8. The Morgan fingerprint density at radius 1 is 1.29 bits per heavy atom. The number of amides is 1. The summed E-state index contributed by atoms with van der Waals surface area (Å²) in [6.45, 7) is 0.299. The number of ether oxygens (including phenoxy) is 1. The molecule has 1 aromatic heterocycles. The van der Waals surface area contributed by atoms with Gasteiger partial charge < -0.3 is 15.8 Å². The molecule has 6 heteroatoms. The second-order valence-corrected chi connectivity index (χ2v) is 4.51. The number of nitrogens with two attached hydrogens (primary N) is 1. The van der Waals surface area contributed by atoms with Crippen molar-refractivity contribution in [1.82, 2.24) is 9.97 Å². The van der Waals surface area contributed by atoms with Crippen molar-refractivity contribution in [3.8, 4) is 11.4 Å².